The monoisotopic (exact) mass is 277 g/mol. The number of likely N-dealkylation sites (N-methyl/N-ethyl adjacent to an activating group) is 1. The molecule has 0 aliphatic carbocycles. The van der Waals surface area contributed by atoms with E-state index in [9.17, 15) is 4.79 Å². The van der Waals surface area contributed by atoms with Gasteiger partial charge in [0.25, 0.3) is 0 Å². The zero-order chi connectivity index (χ0) is 14.5. The van der Waals surface area contributed by atoms with Crippen molar-refractivity contribution in [1.82, 2.24) is 15.4 Å². The van der Waals surface area contributed by atoms with Gasteiger partial charge in [0.1, 0.15) is 0 Å². The van der Waals surface area contributed by atoms with E-state index in [1.807, 2.05) is 37.9 Å². The maximum absolute atomic E-state index is 11.6. The van der Waals surface area contributed by atoms with E-state index in [-0.39, 0.29) is 11.9 Å². The van der Waals surface area contributed by atoms with Crippen LogP contribution >= 0.6 is 0 Å². The topological polar surface area (TPSA) is 71.5 Å². The molecule has 2 aromatic heterocycles. The minimum atomic E-state index is -0.00254. The molecular formula is C14H19N3O3. The summed E-state index contributed by atoms with van der Waals surface area (Å²) in [5, 5.41) is 6.82. The minimum Gasteiger partial charge on any atom is -0.461 e. The fourth-order valence-electron chi connectivity index (χ4n) is 1.87. The molecule has 0 atom stereocenters. The lowest BCUT2D eigenvalue weighted by Gasteiger charge is -2.15. The Hall–Kier alpha value is -2.08. The van der Waals surface area contributed by atoms with Gasteiger partial charge in [-0.2, -0.15) is 0 Å². The highest BCUT2D eigenvalue weighted by Crippen LogP contribution is 2.20. The molecule has 2 rings (SSSR count). The normalized spacial score (nSPS) is 11.2. The summed E-state index contributed by atoms with van der Waals surface area (Å²) in [6.45, 7) is 4.73. The molecule has 6 nitrogen and oxygen atoms in total. The lowest BCUT2D eigenvalue weighted by molar-refractivity contribution is -0.122. The first-order valence-electron chi connectivity index (χ1n) is 6.52. The molecule has 2 aromatic rings. The third kappa shape index (κ3) is 3.96. The highest BCUT2D eigenvalue weighted by atomic mass is 16.5. The minimum absolute atomic E-state index is 0.00254. The molecule has 0 saturated carbocycles. The van der Waals surface area contributed by atoms with Crippen molar-refractivity contribution in [3.8, 4) is 11.5 Å². The van der Waals surface area contributed by atoms with Gasteiger partial charge in [-0.15, -0.1) is 0 Å². The number of carbonyl (C=O) groups is 1. The van der Waals surface area contributed by atoms with Crippen LogP contribution in [0.2, 0.25) is 0 Å². The van der Waals surface area contributed by atoms with Crippen molar-refractivity contribution in [2.45, 2.75) is 26.4 Å². The SMILES string of the molecule is CC(C)NC(=O)CN(C)Cc1cc(-c2ccco2)on1. The third-order valence-corrected chi connectivity index (χ3v) is 2.62. The van der Waals surface area contributed by atoms with Crippen LogP contribution in [0.25, 0.3) is 11.5 Å². The molecule has 0 aliphatic rings. The van der Waals surface area contributed by atoms with Crippen LogP contribution in [0.15, 0.2) is 33.4 Å². The van der Waals surface area contributed by atoms with Crippen molar-refractivity contribution in [3.05, 3.63) is 30.2 Å². The predicted octanol–water partition coefficient (Wildman–Crippen LogP) is 1.89. The second-order valence-corrected chi connectivity index (χ2v) is 5.05. The van der Waals surface area contributed by atoms with Crippen LogP contribution in [0.4, 0.5) is 0 Å². The summed E-state index contributed by atoms with van der Waals surface area (Å²) >= 11 is 0. The van der Waals surface area contributed by atoms with Gasteiger partial charge in [0.05, 0.1) is 18.5 Å². The molecule has 6 heteroatoms. The van der Waals surface area contributed by atoms with Crippen molar-refractivity contribution in [2.75, 3.05) is 13.6 Å². The van der Waals surface area contributed by atoms with Crippen molar-refractivity contribution < 1.29 is 13.7 Å². The third-order valence-electron chi connectivity index (χ3n) is 2.62. The highest BCUT2D eigenvalue weighted by molar-refractivity contribution is 5.78. The Bertz CT molecular complexity index is 546. The van der Waals surface area contributed by atoms with E-state index in [0.29, 0.717) is 24.6 Å². The molecule has 0 aliphatic heterocycles. The Balaban J connectivity index is 1.89. The molecule has 0 spiro atoms. The van der Waals surface area contributed by atoms with E-state index in [0.717, 1.165) is 5.69 Å². The Morgan fingerprint density at radius 3 is 2.90 bits per heavy atom. The molecule has 0 saturated heterocycles. The van der Waals surface area contributed by atoms with Crippen LogP contribution in [-0.4, -0.2) is 35.6 Å². The van der Waals surface area contributed by atoms with Crippen LogP contribution in [0.1, 0.15) is 19.5 Å². The Morgan fingerprint density at radius 1 is 1.45 bits per heavy atom. The Morgan fingerprint density at radius 2 is 2.25 bits per heavy atom. The summed E-state index contributed by atoms with van der Waals surface area (Å²) in [4.78, 5) is 13.5. The largest absolute Gasteiger partial charge is 0.461 e. The van der Waals surface area contributed by atoms with E-state index in [1.54, 1.807) is 12.3 Å². The zero-order valence-electron chi connectivity index (χ0n) is 11.9. The molecule has 0 radical (unpaired) electrons. The highest BCUT2D eigenvalue weighted by Gasteiger charge is 2.12. The molecular weight excluding hydrogens is 258 g/mol. The first-order chi connectivity index (χ1) is 9.54. The number of carbonyl (C=O) groups excluding carboxylic acids is 1. The van der Waals surface area contributed by atoms with Gasteiger partial charge in [-0.25, -0.2) is 0 Å². The molecule has 2 heterocycles. The van der Waals surface area contributed by atoms with E-state index in [1.165, 1.54) is 0 Å². The summed E-state index contributed by atoms with van der Waals surface area (Å²) in [5.74, 6) is 1.23. The maximum Gasteiger partial charge on any atom is 0.234 e. The molecule has 0 aromatic carbocycles. The van der Waals surface area contributed by atoms with Crippen molar-refractivity contribution >= 4 is 5.91 Å². The standard InChI is InChI=1S/C14H19N3O3/c1-10(2)15-14(18)9-17(3)8-11-7-13(20-16-11)12-5-4-6-19-12/h4-7,10H,8-9H2,1-3H3,(H,15,18). The van der Waals surface area contributed by atoms with Crippen LogP contribution in [0.5, 0.6) is 0 Å². The average Bonchev–Trinajstić information content (AvgIpc) is 2.96. The second-order valence-electron chi connectivity index (χ2n) is 5.05. The number of rotatable bonds is 6. The number of amides is 1. The van der Waals surface area contributed by atoms with Gasteiger partial charge in [0, 0.05) is 18.7 Å². The lowest BCUT2D eigenvalue weighted by Crippen LogP contribution is -2.38. The van der Waals surface area contributed by atoms with Crippen molar-refractivity contribution in [1.29, 1.82) is 0 Å². The average molecular weight is 277 g/mol. The molecule has 108 valence electrons. The van der Waals surface area contributed by atoms with Crippen molar-refractivity contribution in [3.63, 3.8) is 0 Å². The fourth-order valence-corrected chi connectivity index (χ4v) is 1.87. The number of furan rings is 1. The smallest absolute Gasteiger partial charge is 0.234 e. The quantitative estimate of drug-likeness (QED) is 0.873. The summed E-state index contributed by atoms with van der Waals surface area (Å²) in [6, 6.07) is 5.56. The van der Waals surface area contributed by atoms with Crippen LogP contribution in [0, 0.1) is 0 Å². The van der Waals surface area contributed by atoms with Gasteiger partial charge in [0.2, 0.25) is 11.7 Å². The number of hydrogen-bond donors (Lipinski definition) is 1. The molecule has 1 N–H and O–H groups in total. The van der Waals surface area contributed by atoms with E-state index >= 15 is 0 Å². The maximum atomic E-state index is 11.6. The lowest BCUT2D eigenvalue weighted by atomic mass is 10.3. The van der Waals surface area contributed by atoms with Crippen LogP contribution < -0.4 is 5.32 Å². The second kappa shape index (κ2) is 6.38. The molecule has 0 bridgehead atoms. The molecule has 0 unspecified atom stereocenters. The summed E-state index contributed by atoms with van der Waals surface area (Å²) in [7, 11) is 1.86. The fraction of sp³-hybridized carbons (Fsp3) is 0.429. The van der Waals surface area contributed by atoms with E-state index in [2.05, 4.69) is 10.5 Å². The van der Waals surface area contributed by atoms with Gasteiger partial charge in [-0.05, 0) is 33.0 Å². The van der Waals surface area contributed by atoms with Gasteiger partial charge < -0.3 is 14.3 Å². The number of hydrogen-bond acceptors (Lipinski definition) is 5. The predicted molar refractivity (Wildman–Crippen MR) is 73.8 cm³/mol. The summed E-state index contributed by atoms with van der Waals surface area (Å²) < 4.78 is 10.4. The number of aromatic nitrogens is 1. The zero-order valence-corrected chi connectivity index (χ0v) is 11.9. The van der Waals surface area contributed by atoms with Gasteiger partial charge in [-0.1, -0.05) is 5.16 Å². The Labute approximate surface area is 117 Å². The van der Waals surface area contributed by atoms with Gasteiger partial charge in [-0.3, -0.25) is 9.69 Å². The van der Waals surface area contributed by atoms with Crippen LogP contribution in [0.3, 0.4) is 0 Å². The summed E-state index contributed by atoms with van der Waals surface area (Å²) in [6.07, 6.45) is 1.58. The van der Waals surface area contributed by atoms with Crippen LogP contribution in [-0.2, 0) is 11.3 Å². The van der Waals surface area contributed by atoms with Crippen molar-refractivity contribution in [2.24, 2.45) is 0 Å². The first kappa shape index (κ1) is 14.3. The Kier molecular flexibility index (Phi) is 4.57. The molecule has 20 heavy (non-hydrogen) atoms. The van der Waals surface area contributed by atoms with Gasteiger partial charge in [0.15, 0.2) is 5.76 Å². The van der Waals surface area contributed by atoms with E-state index < -0.39 is 0 Å². The molecule has 0 fully saturated rings. The molecule has 1 amide bonds. The number of nitrogens with one attached hydrogen (secondary N) is 1. The van der Waals surface area contributed by atoms with Gasteiger partial charge >= 0.3 is 0 Å². The summed E-state index contributed by atoms with van der Waals surface area (Å²) in [5.41, 5.74) is 0.760. The van der Waals surface area contributed by atoms with E-state index in [4.69, 9.17) is 8.94 Å². The number of nitrogens with zero attached hydrogens (tertiary/aromatic N) is 2. The first-order valence-corrected chi connectivity index (χ1v) is 6.52.